The highest BCUT2D eigenvalue weighted by atomic mass is 16.3. The lowest BCUT2D eigenvalue weighted by molar-refractivity contribution is 0.582. The Hall–Kier alpha value is -1.54. The summed E-state index contributed by atoms with van der Waals surface area (Å²) in [5.41, 5.74) is 2.42. The third kappa shape index (κ3) is 2.48. The quantitative estimate of drug-likeness (QED) is 0.822. The van der Waals surface area contributed by atoms with Crippen LogP contribution in [0.1, 0.15) is 12.5 Å². The normalized spacial score (nSPS) is 10.5. The molecule has 0 bridgehead atoms. The fourth-order valence-corrected chi connectivity index (χ4v) is 1.55. The van der Waals surface area contributed by atoms with Gasteiger partial charge in [-0.05, 0) is 30.3 Å². The van der Waals surface area contributed by atoms with Gasteiger partial charge in [0.05, 0.1) is 6.26 Å². The van der Waals surface area contributed by atoms with Gasteiger partial charge in [0, 0.05) is 12.1 Å². The fraction of sp³-hybridized carbons (Fsp3) is 0.231. The van der Waals surface area contributed by atoms with E-state index >= 15 is 0 Å². The van der Waals surface area contributed by atoms with Gasteiger partial charge in [-0.1, -0.05) is 25.1 Å². The van der Waals surface area contributed by atoms with Crippen molar-refractivity contribution in [2.45, 2.75) is 13.5 Å². The zero-order chi connectivity index (χ0) is 10.5. The van der Waals surface area contributed by atoms with Crippen molar-refractivity contribution in [2.24, 2.45) is 0 Å². The van der Waals surface area contributed by atoms with Gasteiger partial charge in [-0.3, -0.25) is 0 Å². The second-order valence-electron chi connectivity index (χ2n) is 3.46. The molecule has 0 spiro atoms. The van der Waals surface area contributed by atoms with Gasteiger partial charge >= 0.3 is 0 Å². The van der Waals surface area contributed by atoms with Crippen LogP contribution in [0.5, 0.6) is 0 Å². The molecule has 0 aliphatic heterocycles. The molecule has 2 heteroatoms. The van der Waals surface area contributed by atoms with Crippen LogP contribution in [0, 0.1) is 0 Å². The van der Waals surface area contributed by atoms with Gasteiger partial charge < -0.3 is 9.73 Å². The van der Waals surface area contributed by atoms with Gasteiger partial charge in [0.15, 0.2) is 0 Å². The van der Waals surface area contributed by atoms with E-state index in [1.54, 1.807) is 6.26 Å². The molecule has 0 aliphatic rings. The fourth-order valence-electron chi connectivity index (χ4n) is 1.55. The van der Waals surface area contributed by atoms with Gasteiger partial charge in [-0.15, -0.1) is 0 Å². The molecule has 0 aliphatic carbocycles. The van der Waals surface area contributed by atoms with Crippen molar-refractivity contribution < 1.29 is 4.42 Å². The van der Waals surface area contributed by atoms with E-state index in [1.807, 2.05) is 12.1 Å². The molecule has 0 amide bonds. The minimum atomic E-state index is 0.908. The van der Waals surface area contributed by atoms with Crippen LogP contribution in [0.3, 0.4) is 0 Å². The van der Waals surface area contributed by atoms with Gasteiger partial charge in [-0.2, -0.15) is 0 Å². The molecule has 0 atom stereocenters. The summed E-state index contributed by atoms with van der Waals surface area (Å²) in [4.78, 5) is 0. The lowest BCUT2D eigenvalue weighted by atomic mass is 10.1. The highest BCUT2D eigenvalue weighted by Gasteiger charge is 2.00. The predicted molar refractivity (Wildman–Crippen MR) is 61.5 cm³/mol. The molecule has 0 saturated carbocycles. The summed E-state index contributed by atoms with van der Waals surface area (Å²) in [7, 11) is 0. The maximum atomic E-state index is 5.36. The van der Waals surface area contributed by atoms with E-state index < -0.39 is 0 Å². The van der Waals surface area contributed by atoms with Crippen LogP contribution in [0.2, 0.25) is 0 Å². The average Bonchev–Trinajstić information content (AvgIpc) is 2.80. The Labute approximate surface area is 89.9 Å². The standard InChI is InChI=1S/C13H15NO/c1-2-14-10-11-5-3-6-12(9-11)13-7-4-8-15-13/h3-9,14H,2,10H2,1H3. The second kappa shape index (κ2) is 4.80. The first-order valence-electron chi connectivity index (χ1n) is 5.23. The van der Waals surface area contributed by atoms with Crippen molar-refractivity contribution >= 4 is 0 Å². The lowest BCUT2D eigenvalue weighted by Crippen LogP contribution is -2.11. The highest BCUT2D eigenvalue weighted by molar-refractivity contribution is 5.58. The third-order valence-electron chi connectivity index (χ3n) is 2.31. The first-order chi connectivity index (χ1) is 7.40. The van der Waals surface area contributed by atoms with Crippen molar-refractivity contribution in [3.8, 4) is 11.3 Å². The van der Waals surface area contributed by atoms with Gasteiger partial charge in [-0.25, -0.2) is 0 Å². The Balaban J connectivity index is 2.19. The molecule has 0 fully saturated rings. The van der Waals surface area contributed by atoms with Gasteiger partial charge in [0.1, 0.15) is 5.76 Å². The lowest BCUT2D eigenvalue weighted by Gasteiger charge is -2.03. The summed E-state index contributed by atoms with van der Waals surface area (Å²) in [5, 5.41) is 3.31. The molecule has 1 heterocycles. The molecule has 2 rings (SSSR count). The van der Waals surface area contributed by atoms with Crippen LogP contribution in [0.4, 0.5) is 0 Å². The largest absolute Gasteiger partial charge is 0.464 e. The summed E-state index contributed by atoms with van der Waals surface area (Å²) in [6, 6.07) is 12.3. The van der Waals surface area contributed by atoms with Crippen LogP contribution in [0.25, 0.3) is 11.3 Å². The maximum Gasteiger partial charge on any atom is 0.133 e. The number of furan rings is 1. The van der Waals surface area contributed by atoms with Crippen LogP contribution in [-0.4, -0.2) is 6.54 Å². The first kappa shape index (κ1) is 9.99. The zero-order valence-electron chi connectivity index (χ0n) is 8.86. The Morgan fingerprint density at radius 3 is 2.87 bits per heavy atom. The predicted octanol–water partition coefficient (Wildman–Crippen LogP) is 3.06. The second-order valence-corrected chi connectivity index (χ2v) is 3.46. The van der Waals surface area contributed by atoms with Crippen LogP contribution >= 0.6 is 0 Å². The van der Waals surface area contributed by atoms with Gasteiger partial charge in [0.25, 0.3) is 0 Å². The minimum Gasteiger partial charge on any atom is -0.464 e. The highest BCUT2D eigenvalue weighted by Crippen LogP contribution is 2.20. The summed E-state index contributed by atoms with van der Waals surface area (Å²) in [5.74, 6) is 0.924. The smallest absolute Gasteiger partial charge is 0.133 e. The molecule has 1 aromatic heterocycles. The number of rotatable bonds is 4. The molecule has 0 unspecified atom stereocenters. The van der Waals surface area contributed by atoms with E-state index in [-0.39, 0.29) is 0 Å². The molecule has 1 N–H and O–H groups in total. The first-order valence-corrected chi connectivity index (χ1v) is 5.23. The summed E-state index contributed by atoms with van der Waals surface area (Å²) in [6.07, 6.45) is 1.70. The number of nitrogens with one attached hydrogen (secondary N) is 1. The minimum absolute atomic E-state index is 0.908. The van der Waals surface area contributed by atoms with E-state index in [9.17, 15) is 0 Å². The third-order valence-corrected chi connectivity index (χ3v) is 2.31. The topological polar surface area (TPSA) is 25.2 Å². The van der Waals surface area contributed by atoms with Crippen molar-refractivity contribution in [3.63, 3.8) is 0 Å². The number of hydrogen-bond acceptors (Lipinski definition) is 2. The molecular formula is C13H15NO. The number of benzene rings is 1. The van der Waals surface area contributed by atoms with Crippen molar-refractivity contribution in [3.05, 3.63) is 48.2 Å². The molecule has 15 heavy (non-hydrogen) atoms. The molecule has 2 aromatic rings. The van der Waals surface area contributed by atoms with E-state index in [2.05, 4.69) is 36.5 Å². The molecule has 0 saturated heterocycles. The zero-order valence-corrected chi connectivity index (χ0v) is 8.86. The van der Waals surface area contributed by atoms with Crippen LogP contribution in [-0.2, 0) is 6.54 Å². The summed E-state index contributed by atoms with van der Waals surface area (Å²) < 4.78 is 5.36. The van der Waals surface area contributed by atoms with E-state index in [0.29, 0.717) is 0 Å². The summed E-state index contributed by atoms with van der Waals surface area (Å²) >= 11 is 0. The van der Waals surface area contributed by atoms with Crippen LogP contribution < -0.4 is 5.32 Å². The van der Waals surface area contributed by atoms with Crippen molar-refractivity contribution in [2.75, 3.05) is 6.54 Å². The van der Waals surface area contributed by atoms with Crippen LogP contribution in [0.15, 0.2) is 47.1 Å². The Bertz CT molecular complexity index is 406. The Morgan fingerprint density at radius 2 is 2.13 bits per heavy atom. The van der Waals surface area contributed by atoms with E-state index in [0.717, 1.165) is 24.4 Å². The van der Waals surface area contributed by atoms with E-state index in [4.69, 9.17) is 4.42 Å². The monoisotopic (exact) mass is 201 g/mol. The maximum absolute atomic E-state index is 5.36. The molecule has 1 aromatic carbocycles. The number of hydrogen-bond donors (Lipinski definition) is 1. The van der Waals surface area contributed by atoms with Gasteiger partial charge in [0.2, 0.25) is 0 Å². The SMILES string of the molecule is CCNCc1cccc(-c2ccco2)c1. The summed E-state index contributed by atoms with van der Waals surface area (Å²) in [6.45, 7) is 4.01. The Morgan fingerprint density at radius 1 is 1.20 bits per heavy atom. The van der Waals surface area contributed by atoms with Crippen molar-refractivity contribution in [1.82, 2.24) is 5.32 Å². The Kier molecular flexibility index (Phi) is 3.20. The van der Waals surface area contributed by atoms with Crippen molar-refractivity contribution in [1.29, 1.82) is 0 Å². The molecular weight excluding hydrogens is 186 g/mol. The molecule has 78 valence electrons. The average molecular weight is 201 g/mol. The van der Waals surface area contributed by atoms with E-state index in [1.165, 1.54) is 5.56 Å². The molecule has 2 nitrogen and oxygen atoms in total. The molecule has 0 radical (unpaired) electrons.